The molecule has 37 heavy (non-hydrogen) atoms. The molecule has 1 aliphatic heterocycles. The third-order valence-electron chi connectivity index (χ3n) is 7.05. The lowest BCUT2D eigenvalue weighted by atomic mass is 9.71. The number of hydrogen-bond acceptors (Lipinski definition) is 6. The number of aromatic nitrogens is 4. The molecule has 1 aliphatic carbocycles. The number of nitriles is 1. The number of nitrogens with zero attached hydrogens (tertiary/aromatic N) is 4. The maximum Gasteiger partial charge on any atom is 0.293 e. The van der Waals surface area contributed by atoms with E-state index >= 15 is 0 Å². The van der Waals surface area contributed by atoms with Crippen molar-refractivity contribution in [2.45, 2.75) is 57.5 Å². The first-order valence-corrected chi connectivity index (χ1v) is 11.7. The zero-order valence-corrected chi connectivity index (χ0v) is 20.1. The Balaban J connectivity index is 1.43. The highest BCUT2D eigenvalue weighted by molar-refractivity contribution is 6.44. The molecule has 5 rings (SSSR count). The molecule has 2 aromatic heterocycles. The van der Waals surface area contributed by atoms with E-state index in [0.717, 1.165) is 5.56 Å². The topological polar surface area (TPSA) is 146 Å². The number of nitrogens with one attached hydrogen (secondary N) is 3. The summed E-state index contributed by atoms with van der Waals surface area (Å²) in [6.07, 6.45) is 1.07. The van der Waals surface area contributed by atoms with Crippen molar-refractivity contribution in [1.29, 1.82) is 5.26 Å². The number of hydrogen-bond donors (Lipinski definition) is 3. The van der Waals surface area contributed by atoms with Crippen molar-refractivity contribution < 1.29 is 23.2 Å². The SMILES string of the molecule is Cc1ccc(NC(=O)c2c(C)c(C(=O)C(=O)NC3(c4c[nH]nn4)CC(F)(F)C3)c3n2CCC3)cc1C#N. The van der Waals surface area contributed by atoms with Crippen molar-refractivity contribution in [1.82, 2.24) is 25.3 Å². The maximum absolute atomic E-state index is 13.8. The predicted octanol–water partition coefficient (Wildman–Crippen LogP) is 2.92. The van der Waals surface area contributed by atoms with Crippen molar-refractivity contribution in [3.05, 3.63) is 63.7 Å². The van der Waals surface area contributed by atoms with Crippen LogP contribution >= 0.6 is 0 Å². The number of benzene rings is 1. The molecular weight excluding hydrogens is 484 g/mol. The molecule has 1 saturated carbocycles. The van der Waals surface area contributed by atoms with Crippen molar-refractivity contribution in [2.75, 3.05) is 5.32 Å². The summed E-state index contributed by atoms with van der Waals surface area (Å²) in [5, 5.41) is 24.3. The number of halogens is 2. The van der Waals surface area contributed by atoms with E-state index in [1.165, 1.54) is 6.20 Å². The van der Waals surface area contributed by atoms with Gasteiger partial charge in [0.1, 0.15) is 11.4 Å². The lowest BCUT2D eigenvalue weighted by Gasteiger charge is -2.46. The van der Waals surface area contributed by atoms with Gasteiger partial charge in [0.2, 0.25) is 0 Å². The molecule has 3 N–H and O–H groups in total. The van der Waals surface area contributed by atoms with Gasteiger partial charge in [0.05, 0.1) is 22.7 Å². The summed E-state index contributed by atoms with van der Waals surface area (Å²) in [5.74, 6) is -5.44. The number of amides is 2. The van der Waals surface area contributed by atoms with Gasteiger partial charge in [-0.2, -0.15) is 5.26 Å². The Morgan fingerprint density at radius 2 is 1.97 bits per heavy atom. The van der Waals surface area contributed by atoms with Gasteiger partial charge < -0.3 is 15.2 Å². The van der Waals surface area contributed by atoms with Crippen molar-refractivity contribution >= 4 is 23.3 Å². The van der Waals surface area contributed by atoms with Crippen molar-refractivity contribution in [2.24, 2.45) is 0 Å². The number of rotatable bonds is 6. The first-order valence-electron chi connectivity index (χ1n) is 11.7. The van der Waals surface area contributed by atoms with E-state index in [9.17, 15) is 28.4 Å². The Bertz CT molecular complexity index is 1480. The van der Waals surface area contributed by atoms with Crippen LogP contribution in [0.5, 0.6) is 0 Å². The largest absolute Gasteiger partial charge is 0.340 e. The highest BCUT2D eigenvalue weighted by Gasteiger charge is 2.60. The molecule has 1 fully saturated rings. The summed E-state index contributed by atoms with van der Waals surface area (Å²) in [6, 6.07) is 7.03. The van der Waals surface area contributed by atoms with Gasteiger partial charge in [-0.1, -0.05) is 11.3 Å². The number of carbonyl (C=O) groups excluding carboxylic acids is 3. The fourth-order valence-electron chi connectivity index (χ4n) is 5.31. The molecule has 0 saturated heterocycles. The van der Waals surface area contributed by atoms with Crippen molar-refractivity contribution in [3.63, 3.8) is 0 Å². The van der Waals surface area contributed by atoms with Gasteiger partial charge in [0.15, 0.2) is 0 Å². The average molecular weight is 508 g/mol. The molecule has 0 bridgehead atoms. The van der Waals surface area contributed by atoms with Crippen LogP contribution in [-0.4, -0.2) is 43.5 Å². The molecule has 10 nitrogen and oxygen atoms in total. The Hall–Kier alpha value is -4.40. The van der Waals surface area contributed by atoms with E-state index in [1.807, 2.05) is 0 Å². The van der Waals surface area contributed by atoms with Crippen LogP contribution in [0.3, 0.4) is 0 Å². The van der Waals surface area contributed by atoms with Crippen LogP contribution in [0.2, 0.25) is 0 Å². The highest BCUT2D eigenvalue weighted by Crippen LogP contribution is 2.51. The van der Waals surface area contributed by atoms with E-state index in [-0.39, 0.29) is 17.0 Å². The van der Waals surface area contributed by atoms with E-state index < -0.39 is 41.9 Å². The van der Waals surface area contributed by atoms with Gasteiger partial charge >= 0.3 is 0 Å². The van der Waals surface area contributed by atoms with E-state index in [2.05, 4.69) is 32.1 Å². The lowest BCUT2D eigenvalue weighted by Crippen LogP contribution is -2.61. The molecule has 12 heteroatoms. The zero-order valence-electron chi connectivity index (χ0n) is 20.1. The standard InChI is InChI=1S/C25H23F2N7O3/c1-13-5-6-16(8-15(13)9-28)30-22(36)20-14(2)19(17-4-3-7-34(17)20)21(35)23(37)31-24(11-25(26,27)12-24)18-10-29-33-32-18/h5-6,8,10H,3-4,7,11-12H2,1-2H3,(H,30,36)(H,31,37)(H,29,32,33). The Kier molecular flexibility index (Phi) is 5.66. The fourth-order valence-corrected chi connectivity index (χ4v) is 5.31. The second-order valence-electron chi connectivity index (χ2n) is 9.58. The lowest BCUT2D eigenvalue weighted by molar-refractivity contribution is -0.148. The predicted molar refractivity (Wildman–Crippen MR) is 126 cm³/mol. The fraction of sp³-hybridized carbons (Fsp3) is 0.360. The van der Waals surface area contributed by atoms with E-state index in [4.69, 9.17) is 0 Å². The van der Waals surface area contributed by atoms with Gasteiger partial charge in [0, 0.05) is 37.0 Å². The molecule has 0 unspecified atom stereocenters. The smallest absolute Gasteiger partial charge is 0.293 e. The molecule has 3 aromatic rings. The zero-order chi connectivity index (χ0) is 26.5. The van der Waals surface area contributed by atoms with Crippen LogP contribution < -0.4 is 10.6 Å². The normalized spacial score (nSPS) is 16.8. The second-order valence-corrected chi connectivity index (χ2v) is 9.58. The number of H-pyrrole nitrogens is 1. The summed E-state index contributed by atoms with van der Waals surface area (Å²) in [6.45, 7) is 3.86. The monoisotopic (exact) mass is 507 g/mol. The molecule has 0 spiro atoms. The van der Waals surface area contributed by atoms with Crippen LogP contribution in [0.1, 0.15) is 68.2 Å². The van der Waals surface area contributed by atoms with Crippen molar-refractivity contribution in [3.8, 4) is 6.07 Å². The average Bonchev–Trinajstić information content (AvgIpc) is 3.56. The molecular formula is C25H23F2N7O3. The first kappa shape index (κ1) is 24.3. The number of alkyl halides is 2. The first-order chi connectivity index (χ1) is 17.5. The van der Waals surface area contributed by atoms with Gasteiger partial charge in [-0.25, -0.2) is 8.78 Å². The van der Waals surface area contributed by atoms with E-state index in [0.29, 0.717) is 41.9 Å². The minimum Gasteiger partial charge on any atom is -0.340 e. The number of aromatic amines is 1. The summed E-state index contributed by atoms with van der Waals surface area (Å²) < 4.78 is 29.4. The van der Waals surface area contributed by atoms with Crippen LogP contribution in [0, 0.1) is 25.2 Å². The molecule has 0 atom stereocenters. The van der Waals surface area contributed by atoms with Gasteiger partial charge in [-0.15, -0.1) is 5.10 Å². The molecule has 0 radical (unpaired) electrons. The molecule has 2 amide bonds. The molecule has 2 aliphatic rings. The van der Waals surface area contributed by atoms with Crippen LogP contribution in [0.15, 0.2) is 24.4 Å². The highest BCUT2D eigenvalue weighted by atomic mass is 19.3. The maximum atomic E-state index is 13.8. The third-order valence-corrected chi connectivity index (χ3v) is 7.05. The van der Waals surface area contributed by atoms with Crippen LogP contribution in [0.4, 0.5) is 14.5 Å². The second kappa shape index (κ2) is 8.62. The minimum atomic E-state index is -3.00. The molecule has 3 heterocycles. The Morgan fingerprint density at radius 1 is 1.22 bits per heavy atom. The summed E-state index contributed by atoms with van der Waals surface area (Å²) >= 11 is 0. The summed E-state index contributed by atoms with van der Waals surface area (Å²) in [4.78, 5) is 39.7. The van der Waals surface area contributed by atoms with E-state index in [1.54, 1.807) is 36.6 Å². The van der Waals surface area contributed by atoms with Gasteiger partial charge in [0.25, 0.3) is 23.5 Å². The minimum absolute atomic E-state index is 0.100. The number of Topliss-reactive ketones (excluding diaryl/α,β-unsaturated/α-hetero) is 1. The molecule has 1 aromatic carbocycles. The molecule has 190 valence electrons. The van der Waals surface area contributed by atoms with Gasteiger partial charge in [-0.05, 0) is 49.9 Å². The van der Waals surface area contributed by atoms with Crippen LogP contribution in [-0.2, 0) is 23.3 Å². The summed E-state index contributed by atoms with van der Waals surface area (Å²) in [5.41, 5.74) is 1.45. The number of aryl methyl sites for hydroxylation is 1. The quantitative estimate of drug-likeness (QED) is 0.346. The third kappa shape index (κ3) is 4.06. The Labute approximate surface area is 210 Å². The number of fused-ring (bicyclic) bond motifs is 1. The van der Waals surface area contributed by atoms with Crippen LogP contribution in [0.25, 0.3) is 0 Å². The number of ketones is 1. The van der Waals surface area contributed by atoms with Gasteiger partial charge in [-0.3, -0.25) is 19.5 Å². The Morgan fingerprint density at radius 3 is 2.62 bits per heavy atom. The number of anilines is 1. The summed E-state index contributed by atoms with van der Waals surface area (Å²) in [7, 11) is 0. The number of carbonyl (C=O) groups is 3.